The van der Waals surface area contributed by atoms with Gasteiger partial charge in [0.05, 0.1) is 6.54 Å². The van der Waals surface area contributed by atoms with Gasteiger partial charge in [-0.25, -0.2) is 13.6 Å². The second-order valence-corrected chi connectivity index (χ2v) is 7.32. The van der Waals surface area contributed by atoms with Gasteiger partial charge in [-0.3, -0.25) is 23.5 Å². The summed E-state index contributed by atoms with van der Waals surface area (Å²) in [5.41, 5.74) is -3.13. The van der Waals surface area contributed by atoms with Crippen LogP contribution < -0.4 is 16.6 Å². The van der Waals surface area contributed by atoms with Gasteiger partial charge in [-0.15, -0.1) is 0 Å². The molecule has 9 nitrogen and oxygen atoms in total. The van der Waals surface area contributed by atoms with E-state index in [2.05, 4.69) is 0 Å². The molecule has 0 bridgehead atoms. The van der Waals surface area contributed by atoms with Crippen LogP contribution in [0.4, 0.5) is 8.78 Å². The van der Waals surface area contributed by atoms with Crippen LogP contribution in [-0.4, -0.2) is 37.8 Å². The summed E-state index contributed by atoms with van der Waals surface area (Å²) in [6, 6.07) is 2.76. The Hall–Kier alpha value is -3.50. The van der Waals surface area contributed by atoms with Gasteiger partial charge in [-0.2, -0.15) is 0 Å². The predicted octanol–water partition coefficient (Wildman–Crippen LogP) is 1.36. The maximum absolute atomic E-state index is 14.2. The lowest BCUT2D eigenvalue weighted by atomic mass is 9.95. The number of hydrogen-bond acceptors (Lipinski definition) is 5. The number of carboxylic acids is 1. The van der Waals surface area contributed by atoms with Crippen molar-refractivity contribution < 1.29 is 28.6 Å². The molecule has 1 aromatic carbocycles. The number of rotatable bonds is 6. The molecule has 11 heteroatoms. The zero-order valence-corrected chi connectivity index (χ0v) is 16.4. The second kappa shape index (κ2) is 9.11. The fourth-order valence-electron chi connectivity index (χ4n) is 3.75. The van der Waals surface area contributed by atoms with Crippen LogP contribution in [0.5, 0.6) is 5.88 Å². The van der Waals surface area contributed by atoms with E-state index in [4.69, 9.17) is 5.11 Å². The van der Waals surface area contributed by atoms with Gasteiger partial charge in [0.25, 0.3) is 11.5 Å². The summed E-state index contributed by atoms with van der Waals surface area (Å²) in [6.07, 6.45) is 3.39. The lowest BCUT2D eigenvalue weighted by molar-refractivity contribution is -0.135. The van der Waals surface area contributed by atoms with Crippen LogP contribution in [0.25, 0.3) is 0 Å². The highest BCUT2D eigenvalue weighted by molar-refractivity contribution is 5.97. The molecule has 1 heterocycles. The summed E-state index contributed by atoms with van der Waals surface area (Å²) >= 11 is 0. The first-order chi connectivity index (χ1) is 14.7. The van der Waals surface area contributed by atoms with E-state index >= 15 is 0 Å². The molecule has 166 valence electrons. The number of carboxylic acid groups (broad SMARTS) is 1. The number of hydrogen-bond donors (Lipinski definition) is 3. The molecule has 1 aromatic heterocycles. The molecule has 31 heavy (non-hydrogen) atoms. The van der Waals surface area contributed by atoms with Crippen molar-refractivity contribution in [1.82, 2.24) is 14.5 Å². The summed E-state index contributed by atoms with van der Waals surface area (Å²) in [6.45, 7) is -1.46. The molecule has 1 aliphatic carbocycles. The van der Waals surface area contributed by atoms with Crippen molar-refractivity contribution in [3.05, 3.63) is 61.8 Å². The van der Waals surface area contributed by atoms with E-state index in [1.807, 2.05) is 5.32 Å². The molecule has 0 aliphatic heterocycles. The number of amides is 1. The highest BCUT2D eigenvalue weighted by atomic mass is 19.2. The molecule has 1 fully saturated rings. The molecule has 0 atom stereocenters. The number of aromatic hydroxyl groups is 1. The van der Waals surface area contributed by atoms with Crippen LogP contribution in [0.15, 0.2) is 27.8 Å². The third-order valence-corrected chi connectivity index (χ3v) is 5.28. The van der Waals surface area contributed by atoms with Gasteiger partial charge in [0.1, 0.15) is 6.54 Å². The molecule has 3 N–H and O–H groups in total. The molecule has 1 saturated carbocycles. The van der Waals surface area contributed by atoms with Crippen molar-refractivity contribution in [3.63, 3.8) is 0 Å². The standard InChI is InChI=1S/C20H21F2N3O6/c21-13-8-4-5-11(16(13)22)10-24-18(29)15(17(28)23-9-14(26)27)19(30)25(20(24)31)12-6-2-1-3-7-12/h4-5,8,12,29H,1-3,6-7,9-10H2,(H,23,28)(H,26,27). The molecule has 1 aliphatic rings. The fraction of sp³-hybridized carbons (Fsp3) is 0.400. The van der Waals surface area contributed by atoms with Gasteiger partial charge >= 0.3 is 11.7 Å². The first-order valence-electron chi connectivity index (χ1n) is 9.73. The molecular weight excluding hydrogens is 416 g/mol. The van der Waals surface area contributed by atoms with Crippen LogP contribution in [0.3, 0.4) is 0 Å². The fourth-order valence-corrected chi connectivity index (χ4v) is 3.75. The summed E-state index contributed by atoms with van der Waals surface area (Å²) in [4.78, 5) is 49.3. The second-order valence-electron chi connectivity index (χ2n) is 7.32. The number of aliphatic carboxylic acids is 1. The zero-order chi connectivity index (χ0) is 22.7. The van der Waals surface area contributed by atoms with Gasteiger partial charge in [-0.05, 0) is 18.9 Å². The van der Waals surface area contributed by atoms with Crippen LogP contribution >= 0.6 is 0 Å². The lowest BCUT2D eigenvalue weighted by Gasteiger charge is -2.25. The van der Waals surface area contributed by atoms with Crippen LogP contribution in [-0.2, 0) is 11.3 Å². The van der Waals surface area contributed by atoms with E-state index in [1.54, 1.807) is 0 Å². The zero-order valence-electron chi connectivity index (χ0n) is 16.4. The van der Waals surface area contributed by atoms with E-state index in [1.165, 1.54) is 12.1 Å². The van der Waals surface area contributed by atoms with E-state index in [-0.39, 0.29) is 5.56 Å². The predicted molar refractivity (Wildman–Crippen MR) is 104 cm³/mol. The molecule has 0 radical (unpaired) electrons. The summed E-state index contributed by atoms with van der Waals surface area (Å²) in [7, 11) is 0. The van der Waals surface area contributed by atoms with Crippen LogP contribution in [0.2, 0.25) is 0 Å². The molecule has 1 amide bonds. The quantitative estimate of drug-likeness (QED) is 0.626. The van der Waals surface area contributed by atoms with Crippen LogP contribution in [0.1, 0.15) is 54.1 Å². The Labute approximate surface area is 174 Å². The molecule has 2 aromatic rings. The number of carbonyl (C=O) groups excluding carboxylic acids is 1. The average molecular weight is 437 g/mol. The van der Waals surface area contributed by atoms with Crippen molar-refractivity contribution in [3.8, 4) is 5.88 Å². The minimum Gasteiger partial charge on any atom is -0.494 e. The Morgan fingerprint density at radius 1 is 1.13 bits per heavy atom. The summed E-state index contributed by atoms with van der Waals surface area (Å²) < 4.78 is 29.2. The van der Waals surface area contributed by atoms with Crippen LogP contribution in [0, 0.1) is 11.6 Å². The van der Waals surface area contributed by atoms with Gasteiger partial charge < -0.3 is 15.5 Å². The van der Waals surface area contributed by atoms with Gasteiger partial charge in [-0.1, -0.05) is 31.4 Å². The van der Waals surface area contributed by atoms with Crippen molar-refractivity contribution in [2.24, 2.45) is 0 Å². The minimum absolute atomic E-state index is 0.275. The highest BCUT2D eigenvalue weighted by Crippen LogP contribution is 2.27. The number of nitrogens with zero attached hydrogens (tertiary/aromatic N) is 2. The van der Waals surface area contributed by atoms with E-state index in [9.17, 15) is 33.1 Å². The number of aromatic nitrogens is 2. The smallest absolute Gasteiger partial charge is 0.334 e. The third-order valence-electron chi connectivity index (χ3n) is 5.28. The maximum Gasteiger partial charge on any atom is 0.334 e. The Morgan fingerprint density at radius 2 is 1.81 bits per heavy atom. The number of benzene rings is 1. The van der Waals surface area contributed by atoms with Crippen molar-refractivity contribution >= 4 is 11.9 Å². The minimum atomic E-state index is -1.38. The van der Waals surface area contributed by atoms with E-state index in [0.717, 1.165) is 29.9 Å². The largest absolute Gasteiger partial charge is 0.494 e. The Morgan fingerprint density at radius 3 is 2.45 bits per heavy atom. The molecule has 0 saturated heterocycles. The summed E-state index contributed by atoms with van der Waals surface area (Å²) in [5, 5.41) is 21.3. The number of nitrogens with one attached hydrogen (secondary N) is 1. The lowest BCUT2D eigenvalue weighted by Crippen LogP contribution is -2.47. The van der Waals surface area contributed by atoms with Gasteiger partial charge in [0.15, 0.2) is 17.2 Å². The first kappa shape index (κ1) is 22.2. The molecule has 0 unspecified atom stereocenters. The van der Waals surface area contributed by atoms with Crippen molar-refractivity contribution in [2.75, 3.05) is 6.54 Å². The first-order valence-corrected chi connectivity index (χ1v) is 9.73. The monoisotopic (exact) mass is 437 g/mol. The van der Waals surface area contributed by atoms with Gasteiger partial charge in [0, 0.05) is 11.6 Å². The number of halogens is 2. The molecular formula is C20H21F2N3O6. The van der Waals surface area contributed by atoms with Gasteiger partial charge in [0.2, 0.25) is 5.88 Å². The normalized spacial score (nSPS) is 14.4. The highest BCUT2D eigenvalue weighted by Gasteiger charge is 2.29. The SMILES string of the molecule is O=C(O)CNC(=O)c1c(O)n(Cc2cccc(F)c2F)c(=O)n(C2CCCCC2)c1=O. The number of carbonyl (C=O) groups is 2. The molecule has 3 rings (SSSR count). The van der Waals surface area contributed by atoms with Crippen molar-refractivity contribution in [2.45, 2.75) is 44.7 Å². The van der Waals surface area contributed by atoms with Crippen molar-refractivity contribution in [1.29, 1.82) is 0 Å². The topological polar surface area (TPSA) is 131 Å². The maximum atomic E-state index is 14.2. The summed E-state index contributed by atoms with van der Waals surface area (Å²) in [5.74, 6) is -6.02. The van der Waals surface area contributed by atoms with E-state index < -0.39 is 65.3 Å². The molecule has 0 spiro atoms. The third kappa shape index (κ3) is 4.49. The Balaban J connectivity index is 2.18. The average Bonchev–Trinajstić information content (AvgIpc) is 2.73. The Bertz CT molecular complexity index is 1130. The van der Waals surface area contributed by atoms with E-state index in [0.29, 0.717) is 17.4 Å². The Kier molecular flexibility index (Phi) is 6.52.